The van der Waals surface area contributed by atoms with Gasteiger partial charge < -0.3 is 18.9 Å². The summed E-state index contributed by atoms with van der Waals surface area (Å²) in [6.07, 6.45) is 5.79. The molecule has 3 aromatic rings. The van der Waals surface area contributed by atoms with Gasteiger partial charge in [0.1, 0.15) is 17.5 Å². The molecule has 11 heteroatoms. The maximum atomic E-state index is 13.7. The van der Waals surface area contributed by atoms with Crippen molar-refractivity contribution in [2.24, 2.45) is 0 Å². The molecule has 1 unspecified atom stereocenters. The number of nitrogens with zero attached hydrogens (tertiary/aromatic N) is 4. The van der Waals surface area contributed by atoms with Gasteiger partial charge in [-0.1, -0.05) is 23.2 Å². The highest BCUT2D eigenvalue weighted by molar-refractivity contribution is 6.46. The highest BCUT2D eigenvalue weighted by atomic mass is 35.5. The predicted octanol–water partition coefficient (Wildman–Crippen LogP) is 6.33. The lowest BCUT2D eigenvalue weighted by molar-refractivity contribution is -0.0394. The van der Waals surface area contributed by atoms with E-state index in [0.29, 0.717) is 59.1 Å². The van der Waals surface area contributed by atoms with E-state index in [0.717, 1.165) is 24.8 Å². The zero-order valence-corrected chi connectivity index (χ0v) is 22.9. The van der Waals surface area contributed by atoms with Gasteiger partial charge in [-0.15, -0.1) is 0 Å². The third kappa shape index (κ3) is 4.80. The first kappa shape index (κ1) is 25.9. The lowest BCUT2D eigenvalue weighted by atomic mass is 10.0. The second kappa shape index (κ2) is 9.85. The van der Waals surface area contributed by atoms with E-state index in [2.05, 4.69) is 10.4 Å². The van der Waals surface area contributed by atoms with Crippen LogP contribution >= 0.6 is 23.2 Å². The smallest absolute Gasteiger partial charge is 0.412 e. The Morgan fingerprint density at radius 2 is 2.05 bits per heavy atom. The topological polar surface area (TPSA) is 90.6 Å². The van der Waals surface area contributed by atoms with Crippen LogP contribution in [0.25, 0.3) is 22.0 Å². The number of amides is 2. The van der Waals surface area contributed by atoms with Crippen molar-refractivity contribution < 1.29 is 19.1 Å². The number of fused-ring (bicyclic) bond motifs is 3. The van der Waals surface area contributed by atoms with Crippen LogP contribution < -0.4 is 5.32 Å². The van der Waals surface area contributed by atoms with Gasteiger partial charge in [-0.05, 0) is 53.0 Å². The Balaban J connectivity index is 1.73. The lowest BCUT2D eigenvalue weighted by Crippen LogP contribution is -2.40. The summed E-state index contributed by atoms with van der Waals surface area (Å²) in [5.74, 6) is -0.114. The summed E-state index contributed by atoms with van der Waals surface area (Å²) in [5, 5.41) is 8.63. The predicted molar refractivity (Wildman–Crippen MR) is 143 cm³/mol. The maximum absolute atomic E-state index is 13.7. The second-order valence-electron chi connectivity index (χ2n) is 10.4. The Hall–Kier alpha value is -2.75. The fourth-order valence-electron chi connectivity index (χ4n) is 5.05. The normalized spacial score (nSPS) is 18.3. The van der Waals surface area contributed by atoms with E-state index in [4.69, 9.17) is 32.7 Å². The Morgan fingerprint density at radius 1 is 1.27 bits per heavy atom. The van der Waals surface area contributed by atoms with Crippen LogP contribution in [0.2, 0.25) is 10.0 Å². The maximum Gasteiger partial charge on any atom is 0.412 e. The van der Waals surface area contributed by atoms with Gasteiger partial charge in [-0.3, -0.25) is 10.1 Å². The minimum Gasteiger partial charge on any atom is -0.444 e. The third-order valence-corrected chi connectivity index (χ3v) is 7.44. The molecule has 37 heavy (non-hydrogen) atoms. The number of halogens is 2. The summed E-state index contributed by atoms with van der Waals surface area (Å²) in [4.78, 5) is 28.3. The molecule has 1 saturated heterocycles. The van der Waals surface area contributed by atoms with E-state index in [9.17, 15) is 9.59 Å². The molecule has 0 bridgehead atoms. The van der Waals surface area contributed by atoms with Gasteiger partial charge in [0.05, 0.1) is 27.4 Å². The molecule has 1 atom stereocenters. The average molecular weight is 548 g/mol. The van der Waals surface area contributed by atoms with Gasteiger partial charge in [-0.25, -0.2) is 9.48 Å². The van der Waals surface area contributed by atoms with Gasteiger partial charge in [-0.2, -0.15) is 5.10 Å². The van der Waals surface area contributed by atoms with Gasteiger partial charge in [0.2, 0.25) is 0 Å². The molecule has 0 spiro atoms. The highest BCUT2D eigenvalue weighted by Gasteiger charge is 2.34. The summed E-state index contributed by atoms with van der Waals surface area (Å²) in [6, 6.07) is 1.60. The first-order valence-electron chi connectivity index (χ1n) is 12.6. The van der Waals surface area contributed by atoms with E-state index in [-0.39, 0.29) is 17.2 Å². The van der Waals surface area contributed by atoms with E-state index < -0.39 is 11.7 Å². The Labute approximate surface area is 225 Å². The van der Waals surface area contributed by atoms with Gasteiger partial charge in [0.25, 0.3) is 5.91 Å². The van der Waals surface area contributed by atoms with Crippen LogP contribution in [0.1, 0.15) is 63.7 Å². The number of hydrogen-bond acceptors (Lipinski definition) is 5. The number of benzene rings is 1. The number of carbonyl (C=O) groups excluding carboxylic acids is 2. The monoisotopic (exact) mass is 547 g/mol. The van der Waals surface area contributed by atoms with E-state index in [1.807, 2.05) is 17.7 Å². The Morgan fingerprint density at radius 3 is 2.73 bits per heavy atom. The first-order valence-corrected chi connectivity index (χ1v) is 13.3. The fraction of sp³-hybridized carbons (Fsp3) is 0.500. The molecule has 5 rings (SSSR count). The number of likely N-dealkylation sites (N-methyl/N-ethyl adjacent to an activating group) is 1. The second-order valence-corrected chi connectivity index (χ2v) is 11.1. The van der Waals surface area contributed by atoms with Crippen LogP contribution in [0.4, 0.5) is 10.5 Å². The van der Waals surface area contributed by atoms with Crippen molar-refractivity contribution in [3.05, 3.63) is 34.2 Å². The van der Waals surface area contributed by atoms with Crippen molar-refractivity contribution in [2.45, 2.75) is 65.3 Å². The van der Waals surface area contributed by atoms with E-state index in [1.54, 1.807) is 42.6 Å². The number of nitrogens with one attached hydrogen (secondary N) is 1. The van der Waals surface area contributed by atoms with Gasteiger partial charge in [0, 0.05) is 49.0 Å². The molecule has 2 aromatic heterocycles. The number of hydrogen-bond donors (Lipinski definition) is 1. The van der Waals surface area contributed by atoms with Crippen LogP contribution in [0.3, 0.4) is 0 Å². The molecule has 4 heterocycles. The Kier molecular flexibility index (Phi) is 6.89. The highest BCUT2D eigenvalue weighted by Crippen LogP contribution is 2.46. The average Bonchev–Trinajstić information content (AvgIpc) is 3.45. The zero-order valence-electron chi connectivity index (χ0n) is 21.4. The number of carbonyl (C=O) groups is 2. The molecule has 2 amide bonds. The molecular formula is C26H31Cl2N5O4. The van der Waals surface area contributed by atoms with Crippen molar-refractivity contribution in [3.8, 4) is 11.1 Å². The minimum absolute atomic E-state index is 0.114. The van der Waals surface area contributed by atoms with Crippen LogP contribution in [-0.4, -0.2) is 56.5 Å². The summed E-state index contributed by atoms with van der Waals surface area (Å²) < 4.78 is 15.1. The number of rotatable bonds is 4. The molecule has 0 radical (unpaired) electrons. The van der Waals surface area contributed by atoms with Crippen molar-refractivity contribution in [1.29, 1.82) is 0 Å². The van der Waals surface area contributed by atoms with Crippen LogP contribution in [0, 0.1) is 0 Å². The molecular weight excluding hydrogens is 517 g/mol. The van der Waals surface area contributed by atoms with Crippen molar-refractivity contribution in [2.75, 3.05) is 25.0 Å². The quantitative estimate of drug-likeness (QED) is 0.411. The van der Waals surface area contributed by atoms with Crippen molar-refractivity contribution >= 4 is 51.8 Å². The summed E-state index contributed by atoms with van der Waals surface area (Å²) in [7, 11) is 0. The number of ether oxygens (including phenoxy) is 2. The fourth-order valence-corrected chi connectivity index (χ4v) is 5.50. The van der Waals surface area contributed by atoms with Crippen LogP contribution in [0.15, 0.2) is 18.5 Å². The zero-order chi connectivity index (χ0) is 26.5. The molecule has 2 aliphatic rings. The lowest BCUT2D eigenvalue weighted by Gasteiger charge is -2.28. The van der Waals surface area contributed by atoms with Crippen molar-refractivity contribution in [3.63, 3.8) is 0 Å². The third-order valence-electron chi connectivity index (χ3n) is 6.66. The van der Waals surface area contributed by atoms with E-state index in [1.165, 1.54) is 0 Å². The molecule has 1 N–H and O–H groups in total. The molecule has 1 fully saturated rings. The first-order chi connectivity index (χ1) is 17.6. The van der Waals surface area contributed by atoms with Gasteiger partial charge >= 0.3 is 6.09 Å². The molecule has 0 saturated carbocycles. The SMILES string of the molecule is CCN1CCn2c(c(-c3cnn(C4CCCCO4)c3)c3c(NC(=O)OC(C)(C)C)cc(Cl)c(Cl)c32)C1=O. The number of aromatic nitrogens is 3. The molecule has 0 aliphatic carbocycles. The molecule has 198 valence electrons. The number of anilines is 1. The minimum atomic E-state index is -0.693. The van der Waals surface area contributed by atoms with Crippen molar-refractivity contribution in [1.82, 2.24) is 19.2 Å². The molecule has 9 nitrogen and oxygen atoms in total. The molecule has 2 aliphatic heterocycles. The largest absolute Gasteiger partial charge is 0.444 e. The van der Waals surface area contributed by atoms with Gasteiger partial charge in [0.15, 0.2) is 0 Å². The Bertz CT molecular complexity index is 1370. The van der Waals surface area contributed by atoms with Crippen LogP contribution in [0.5, 0.6) is 0 Å². The summed E-state index contributed by atoms with van der Waals surface area (Å²) in [5.41, 5.74) is 2.17. The van der Waals surface area contributed by atoms with E-state index >= 15 is 0 Å². The van der Waals surface area contributed by atoms with Crippen LogP contribution in [-0.2, 0) is 16.0 Å². The molecule has 1 aromatic carbocycles. The standard InChI is InChI=1S/C26H31Cl2N5O4/c1-5-31-9-10-32-22-20(17(12-16(27)21(22)28)30-25(35)37-26(2,3)4)19(23(32)24(31)34)15-13-29-33(14-15)18-8-6-7-11-36-18/h12-14,18H,5-11H2,1-4H3,(H,30,35). The summed E-state index contributed by atoms with van der Waals surface area (Å²) in [6.45, 7) is 9.67. The summed E-state index contributed by atoms with van der Waals surface area (Å²) >= 11 is 13.3.